The van der Waals surface area contributed by atoms with Crippen molar-refractivity contribution in [2.24, 2.45) is 0 Å². The fourth-order valence-corrected chi connectivity index (χ4v) is 2.51. The van der Waals surface area contributed by atoms with Gasteiger partial charge in [0.25, 0.3) is 0 Å². The molecule has 2 aromatic rings. The molecule has 1 aliphatic heterocycles. The first-order valence-corrected chi connectivity index (χ1v) is 6.67. The Kier molecular flexibility index (Phi) is 3.47. The van der Waals surface area contributed by atoms with Crippen LogP contribution in [0.2, 0.25) is 0 Å². The second-order valence-corrected chi connectivity index (χ2v) is 4.61. The third-order valence-electron chi connectivity index (χ3n) is 3.54. The van der Waals surface area contributed by atoms with Gasteiger partial charge in [0.05, 0.1) is 18.6 Å². The van der Waals surface area contributed by atoms with Gasteiger partial charge in [-0.05, 0) is 12.5 Å². The molecule has 2 aromatic heterocycles. The summed E-state index contributed by atoms with van der Waals surface area (Å²) in [5.41, 5.74) is 2.64. The van der Waals surface area contributed by atoms with E-state index in [4.69, 9.17) is 10.1 Å². The number of hydrogen-bond donors (Lipinski definition) is 2. The van der Waals surface area contributed by atoms with Crippen LogP contribution in [0.1, 0.15) is 12.5 Å². The van der Waals surface area contributed by atoms with E-state index in [0.29, 0.717) is 13.2 Å². The number of hydrogen-bond acceptors (Lipinski definition) is 5. The second-order valence-electron chi connectivity index (χ2n) is 4.61. The van der Waals surface area contributed by atoms with E-state index in [-0.39, 0.29) is 0 Å². The summed E-state index contributed by atoms with van der Waals surface area (Å²) in [5.74, 6) is 0.913. The predicted octanol–water partition coefficient (Wildman–Crippen LogP) is 1.85. The van der Waals surface area contributed by atoms with Crippen molar-refractivity contribution in [2.75, 3.05) is 31.2 Å². The van der Waals surface area contributed by atoms with Crippen LogP contribution < -0.4 is 4.90 Å². The molecule has 6 heteroatoms. The Labute approximate surface area is 117 Å². The molecule has 0 bridgehead atoms. The normalized spacial score (nSPS) is 16.6. The van der Waals surface area contributed by atoms with Crippen LogP contribution in [0, 0.1) is 5.41 Å². The van der Waals surface area contributed by atoms with E-state index < -0.39 is 0 Å². The summed E-state index contributed by atoms with van der Waals surface area (Å²) >= 11 is 0. The lowest BCUT2D eigenvalue weighted by atomic mass is 10.1. The van der Waals surface area contributed by atoms with Crippen molar-refractivity contribution in [3.63, 3.8) is 0 Å². The van der Waals surface area contributed by atoms with E-state index in [1.54, 1.807) is 6.33 Å². The molecule has 0 aliphatic carbocycles. The van der Waals surface area contributed by atoms with Crippen LogP contribution in [0.15, 0.2) is 18.6 Å². The van der Waals surface area contributed by atoms with E-state index in [2.05, 4.69) is 19.9 Å². The Balaban J connectivity index is 2.16. The van der Waals surface area contributed by atoms with Crippen molar-refractivity contribution in [1.29, 1.82) is 5.41 Å². The molecule has 0 radical (unpaired) electrons. The van der Waals surface area contributed by atoms with E-state index in [0.717, 1.165) is 41.1 Å². The molecule has 0 amide bonds. The first-order valence-electron chi connectivity index (χ1n) is 6.67. The number of nitrogens with zero attached hydrogens (tertiary/aromatic N) is 3. The summed E-state index contributed by atoms with van der Waals surface area (Å²) < 4.78 is 5.39. The Morgan fingerprint density at radius 3 is 2.90 bits per heavy atom. The number of aromatic nitrogens is 3. The Morgan fingerprint density at radius 1 is 1.40 bits per heavy atom. The fourth-order valence-electron chi connectivity index (χ4n) is 2.51. The van der Waals surface area contributed by atoms with Gasteiger partial charge in [0, 0.05) is 31.1 Å². The standard InChI is InChI=1S/C14H17N5O/c1-2-10(7-15)11-8-16-13-12(11)14(18-9-17-13)19-3-5-20-6-4-19/h2,7-9,15H,3-6H2,1H3,(H,16,17,18)/b10-2+,15-7?. The van der Waals surface area contributed by atoms with E-state index in [1.807, 2.05) is 19.2 Å². The lowest BCUT2D eigenvalue weighted by Gasteiger charge is -2.28. The number of anilines is 1. The van der Waals surface area contributed by atoms with E-state index >= 15 is 0 Å². The summed E-state index contributed by atoms with van der Waals surface area (Å²) in [4.78, 5) is 14.1. The summed E-state index contributed by atoms with van der Waals surface area (Å²) in [6, 6.07) is 0. The lowest BCUT2D eigenvalue weighted by Crippen LogP contribution is -2.36. The number of rotatable bonds is 3. The van der Waals surface area contributed by atoms with Gasteiger partial charge in [-0.3, -0.25) is 0 Å². The Hall–Kier alpha value is -2.21. The molecule has 2 N–H and O–H groups in total. The second kappa shape index (κ2) is 5.42. The van der Waals surface area contributed by atoms with Crippen molar-refractivity contribution in [1.82, 2.24) is 15.0 Å². The minimum atomic E-state index is 0.715. The van der Waals surface area contributed by atoms with Crippen LogP contribution in [0.5, 0.6) is 0 Å². The van der Waals surface area contributed by atoms with Crippen LogP contribution in [0.4, 0.5) is 5.82 Å². The van der Waals surface area contributed by atoms with Gasteiger partial charge in [-0.2, -0.15) is 0 Å². The molecule has 0 spiro atoms. The molecular formula is C14H17N5O. The summed E-state index contributed by atoms with van der Waals surface area (Å²) in [6.07, 6.45) is 6.75. The SMILES string of the molecule is C/C=C(\C=N)c1c[nH]c2ncnc(N3CCOCC3)c12. The van der Waals surface area contributed by atoms with Gasteiger partial charge in [-0.15, -0.1) is 0 Å². The molecule has 3 rings (SSSR count). The molecule has 3 heterocycles. The largest absolute Gasteiger partial charge is 0.378 e. The summed E-state index contributed by atoms with van der Waals surface area (Å²) in [7, 11) is 0. The van der Waals surface area contributed by atoms with E-state index in [1.165, 1.54) is 6.21 Å². The monoisotopic (exact) mass is 271 g/mol. The van der Waals surface area contributed by atoms with Crippen LogP contribution in [-0.2, 0) is 4.74 Å². The van der Waals surface area contributed by atoms with Gasteiger partial charge in [0.1, 0.15) is 17.8 Å². The number of morpholine rings is 1. The molecular weight excluding hydrogens is 254 g/mol. The number of fused-ring (bicyclic) bond motifs is 1. The molecule has 1 aliphatic rings. The van der Waals surface area contributed by atoms with Crippen molar-refractivity contribution in [3.8, 4) is 0 Å². The van der Waals surface area contributed by atoms with Crippen molar-refractivity contribution < 1.29 is 4.74 Å². The Morgan fingerprint density at radius 2 is 2.20 bits per heavy atom. The number of ether oxygens (including phenoxy) is 1. The highest BCUT2D eigenvalue weighted by Gasteiger charge is 2.19. The number of aromatic amines is 1. The summed E-state index contributed by atoms with van der Waals surface area (Å²) in [5, 5.41) is 8.52. The molecule has 0 atom stereocenters. The van der Waals surface area contributed by atoms with Crippen molar-refractivity contribution in [3.05, 3.63) is 24.2 Å². The van der Waals surface area contributed by atoms with E-state index in [9.17, 15) is 0 Å². The van der Waals surface area contributed by atoms with Crippen LogP contribution in [-0.4, -0.2) is 47.5 Å². The average molecular weight is 271 g/mol. The first kappa shape index (κ1) is 12.8. The van der Waals surface area contributed by atoms with Gasteiger partial charge in [-0.1, -0.05) is 6.08 Å². The number of H-pyrrole nitrogens is 1. The molecule has 1 saturated heterocycles. The zero-order valence-corrected chi connectivity index (χ0v) is 11.4. The molecule has 1 fully saturated rings. The highest BCUT2D eigenvalue weighted by atomic mass is 16.5. The zero-order chi connectivity index (χ0) is 13.9. The topological polar surface area (TPSA) is 77.9 Å². The maximum atomic E-state index is 7.54. The third kappa shape index (κ3) is 2.08. The average Bonchev–Trinajstić information content (AvgIpc) is 2.94. The van der Waals surface area contributed by atoms with Gasteiger partial charge >= 0.3 is 0 Å². The molecule has 0 unspecified atom stereocenters. The maximum Gasteiger partial charge on any atom is 0.143 e. The van der Waals surface area contributed by atoms with Gasteiger partial charge in [0.15, 0.2) is 0 Å². The zero-order valence-electron chi connectivity index (χ0n) is 11.4. The number of nitrogens with one attached hydrogen (secondary N) is 2. The van der Waals surface area contributed by atoms with Gasteiger partial charge < -0.3 is 20.0 Å². The molecule has 104 valence electrons. The minimum Gasteiger partial charge on any atom is -0.378 e. The summed E-state index contributed by atoms with van der Waals surface area (Å²) in [6.45, 7) is 5.01. The van der Waals surface area contributed by atoms with Crippen LogP contribution in [0.25, 0.3) is 16.6 Å². The molecule has 20 heavy (non-hydrogen) atoms. The molecule has 0 aromatic carbocycles. The van der Waals surface area contributed by atoms with Crippen molar-refractivity contribution in [2.45, 2.75) is 6.92 Å². The Bertz CT molecular complexity index is 655. The van der Waals surface area contributed by atoms with Gasteiger partial charge in [-0.25, -0.2) is 9.97 Å². The third-order valence-corrected chi connectivity index (χ3v) is 3.54. The maximum absolute atomic E-state index is 7.54. The smallest absolute Gasteiger partial charge is 0.143 e. The number of allylic oxidation sites excluding steroid dienone is 2. The van der Waals surface area contributed by atoms with Gasteiger partial charge in [0.2, 0.25) is 0 Å². The predicted molar refractivity (Wildman–Crippen MR) is 79.4 cm³/mol. The highest BCUT2D eigenvalue weighted by molar-refractivity contribution is 6.15. The molecule has 0 saturated carbocycles. The minimum absolute atomic E-state index is 0.715. The van der Waals surface area contributed by atoms with Crippen LogP contribution >= 0.6 is 0 Å². The quantitative estimate of drug-likeness (QED) is 0.835. The van der Waals surface area contributed by atoms with Crippen LogP contribution in [0.3, 0.4) is 0 Å². The van der Waals surface area contributed by atoms with Crippen molar-refractivity contribution >= 4 is 28.6 Å². The molecule has 6 nitrogen and oxygen atoms in total. The lowest BCUT2D eigenvalue weighted by molar-refractivity contribution is 0.122. The highest BCUT2D eigenvalue weighted by Crippen LogP contribution is 2.30. The fraction of sp³-hybridized carbons (Fsp3) is 0.357. The first-order chi connectivity index (χ1) is 9.85.